The fourth-order valence-corrected chi connectivity index (χ4v) is 3.25. The number of nitrogens with one attached hydrogen (secondary N) is 1. The molecule has 0 amide bonds. The lowest BCUT2D eigenvalue weighted by atomic mass is 10.1. The first kappa shape index (κ1) is 17.1. The van der Waals surface area contributed by atoms with Crippen molar-refractivity contribution in [3.63, 3.8) is 0 Å². The van der Waals surface area contributed by atoms with Gasteiger partial charge in [-0.1, -0.05) is 38.5 Å². The highest BCUT2D eigenvalue weighted by atomic mass is 32.2. The number of hydrogen-bond donors (Lipinski definition) is 1. The Bertz CT molecular complexity index is 230. The van der Waals surface area contributed by atoms with Crippen LogP contribution in [0.5, 0.6) is 0 Å². The minimum absolute atomic E-state index is 0.589. The highest BCUT2D eigenvalue weighted by molar-refractivity contribution is 7.84. The molecule has 1 unspecified atom stereocenters. The van der Waals surface area contributed by atoms with Crippen LogP contribution in [0.1, 0.15) is 51.4 Å². The Kier molecular flexibility index (Phi) is 10.7. The third kappa shape index (κ3) is 10.5. The van der Waals surface area contributed by atoms with Gasteiger partial charge < -0.3 is 10.2 Å². The average Bonchev–Trinajstić information content (AvgIpc) is 2.42. The fraction of sp³-hybridized carbons (Fsp3) is 1.00. The van der Waals surface area contributed by atoms with Crippen molar-refractivity contribution in [2.45, 2.75) is 51.4 Å². The van der Waals surface area contributed by atoms with Crippen LogP contribution in [0.25, 0.3) is 0 Å². The van der Waals surface area contributed by atoms with Gasteiger partial charge in [-0.15, -0.1) is 0 Å². The Hall–Kier alpha value is 0.0700. The van der Waals surface area contributed by atoms with E-state index < -0.39 is 10.8 Å². The van der Waals surface area contributed by atoms with Crippen LogP contribution in [0.4, 0.5) is 0 Å². The van der Waals surface area contributed by atoms with Crippen molar-refractivity contribution in [1.29, 1.82) is 0 Å². The van der Waals surface area contributed by atoms with Crippen LogP contribution in [-0.2, 0) is 10.8 Å². The van der Waals surface area contributed by atoms with Gasteiger partial charge in [0.1, 0.15) is 0 Å². The Morgan fingerprint density at radius 2 is 1.42 bits per heavy atom. The molecule has 0 spiro atoms. The van der Waals surface area contributed by atoms with Crippen LogP contribution < -0.4 is 5.32 Å². The number of piperazine rings is 1. The van der Waals surface area contributed by atoms with E-state index in [4.69, 9.17) is 0 Å². The van der Waals surface area contributed by atoms with Gasteiger partial charge in [-0.2, -0.15) is 0 Å². The van der Waals surface area contributed by atoms with Crippen LogP contribution in [-0.4, -0.2) is 53.8 Å². The Morgan fingerprint density at radius 1 is 0.895 bits per heavy atom. The molecular weight excluding hydrogens is 256 g/mol. The second-order valence-corrected chi connectivity index (χ2v) is 7.25. The van der Waals surface area contributed by atoms with Gasteiger partial charge in [-0.05, 0) is 19.4 Å². The van der Waals surface area contributed by atoms with E-state index in [9.17, 15) is 4.21 Å². The molecule has 0 radical (unpaired) electrons. The monoisotopic (exact) mass is 288 g/mol. The predicted octanol–water partition coefficient (Wildman–Crippen LogP) is 2.39. The topological polar surface area (TPSA) is 32.3 Å². The molecule has 0 aromatic rings. The van der Waals surface area contributed by atoms with Crippen molar-refractivity contribution in [2.24, 2.45) is 0 Å². The lowest BCUT2D eigenvalue weighted by Gasteiger charge is -2.27. The molecule has 0 aromatic heterocycles. The van der Waals surface area contributed by atoms with Crippen LogP contribution in [0.15, 0.2) is 0 Å². The minimum atomic E-state index is -0.589. The molecule has 4 heteroatoms. The molecule has 1 fully saturated rings. The minimum Gasteiger partial charge on any atom is -0.314 e. The van der Waals surface area contributed by atoms with E-state index in [1.54, 1.807) is 6.26 Å². The maximum atomic E-state index is 10.9. The van der Waals surface area contributed by atoms with Crippen LogP contribution in [0.2, 0.25) is 0 Å². The zero-order chi connectivity index (χ0) is 13.8. The quantitative estimate of drug-likeness (QED) is 0.593. The Morgan fingerprint density at radius 3 is 2.00 bits per heavy atom. The molecular formula is C15H32N2OS. The summed E-state index contributed by atoms with van der Waals surface area (Å²) in [5.41, 5.74) is 0. The zero-order valence-corrected chi connectivity index (χ0v) is 13.5. The van der Waals surface area contributed by atoms with E-state index in [-0.39, 0.29) is 0 Å². The first-order valence-corrected chi connectivity index (χ1v) is 9.75. The molecule has 1 aliphatic rings. The summed E-state index contributed by atoms with van der Waals surface area (Å²) in [6, 6.07) is 0. The summed E-state index contributed by atoms with van der Waals surface area (Å²) < 4.78 is 10.9. The summed E-state index contributed by atoms with van der Waals surface area (Å²) in [6.45, 7) is 6.10. The zero-order valence-electron chi connectivity index (χ0n) is 12.7. The van der Waals surface area contributed by atoms with Gasteiger partial charge in [0.25, 0.3) is 0 Å². The van der Waals surface area contributed by atoms with Crippen molar-refractivity contribution >= 4 is 10.8 Å². The molecule has 19 heavy (non-hydrogen) atoms. The van der Waals surface area contributed by atoms with Gasteiger partial charge in [-0.3, -0.25) is 4.21 Å². The van der Waals surface area contributed by atoms with Gasteiger partial charge in [0.2, 0.25) is 0 Å². The van der Waals surface area contributed by atoms with Crippen molar-refractivity contribution in [3.8, 4) is 0 Å². The van der Waals surface area contributed by atoms with Crippen LogP contribution in [0.3, 0.4) is 0 Å². The standard InChI is InChI=1S/C15H32N2OS/c1-19(18)15-9-7-5-3-2-4-6-8-12-17-13-10-16-11-14-17/h16H,2-15H2,1H3. The smallest absolute Gasteiger partial charge is 0.0232 e. The molecule has 1 atom stereocenters. The second kappa shape index (κ2) is 11.9. The van der Waals surface area contributed by atoms with E-state index >= 15 is 0 Å². The highest BCUT2D eigenvalue weighted by Crippen LogP contribution is 2.09. The molecule has 1 aliphatic heterocycles. The Balaban J connectivity index is 1.74. The molecule has 1 rings (SSSR count). The lowest BCUT2D eigenvalue weighted by molar-refractivity contribution is 0.236. The highest BCUT2D eigenvalue weighted by Gasteiger charge is 2.07. The molecule has 1 saturated heterocycles. The van der Waals surface area contributed by atoms with Crippen LogP contribution >= 0.6 is 0 Å². The van der Waals surface area contributed by atoms with Crippen molar-refractivity contribution in [2.75, 3.05) is 44.7 Å². The summed E-state index contributed by atoms with van der Waals surface area (Å²) in [5, 5.41) is 3.40. The summed E-state index contributed by atoms with van der Waals surface area (Å²) in [4.78, 5) is 2.58. The first-order chi connectivity index (χ1) is 9.29. The van der Waals surface area contributed by atoms with E-state index in [2.05, 4.69) is 10.2 Å². The first-order valence-electron chi connectivity index (χ1n) is 8.02. The SMILES string of the molecule is CS(=O)CCCCCCCCCCN1CCNCC1. The third-order valence-electron chi connectivity index (χ3n) is 3.87. The summed E-state index contributed by atoms with van der Waals surface area (Å²) >= 11 is 0. The molecule has 0 bridgehead atoms. The normalized spacial score (nSPS) is 18.6. The number of hydrogen-bond acceptors (Lipinski definition) is 3. The number of nitrogens with zero attached hydrogens (tertiary/aromatic N) is 1. The summed E-state index contributed by atoms with van der Waals surface area (Å²) in [6.07, 6.45) is 12.4. The maximum Gasteiger partial charge on any atom is 0.0232 e. The number of rotatable bonds is 11. The van der Waals surface area contributed by atoms with Gasteiger partial charge >= 0.3 is 0 Å². The summed E-state index contributed by atoms with van der Waals surface area (Å²) in [7, 11) is -0.589. The molecule has 114 valence electrons. The van der Waals surface area contributed by atoms with Gasteiger partial charge in [0.05, 0.1) is 0 Å². The molecule has 0 aliphatic carbocycles. The lowest BCUT2D eigenvalue weighted by Crippen LogP contribution is -2.43. The van der Waals surface area contributed by atoms with Gasteiger partial charge in [0.15, 0.2) is 0 Å². The predicted molar refractivity (Wildman–Crippen MR) is 85.2 cm³/mol. The van der Waals surface area contributed by atoms with Crippen molar-refractivity contribution in [3.05, 3.63) is 0 Å². The molecule has 3 nitrogen and oxygen atoms in total. The second-order valence-electron chi connectivity index (χ2n) is 5.70. The number of unbranched alkanes of at least 4 members (excludes halogenated alkanes) is 7. The van der Waals surface area contributed by atoms with Crippen molar-refractivity contribution < 1.29 is 4.21 Å². The van der Waals surface area contributed by atoms with Gasteiger partial charge in [-0.25, -0.2) is 0 Å². The summed E-state index contributed by atoms with van der Waals surface area (Å²) in [5.74, 6) is 0.894. The molecule has 1 N–H and O–H groups in total. The Labute approximate surface area is 122 Å². The molecule has 1 heterocycles. The van der Waals surface area contributed by atoms with Crippen LogP contribution in [0, 0.1) is 0 Å². The van der Waals surface area contributed by atoms with Crippen molar-refractivity contribution in [1.82, 2.24) is 10.2 Å². The largest absolute Gasteiger partial charge is 0.314 e. The van der Waals surface area contributed by atoms with Gasteiger partial charge in [0, 0.05) is 49.0 Å². The van der Waals surface area contributed by atoms with E-state index in [0.29, 0.717) is 0 Å². The fourth-order valence-electron chi connectivity index (χ4n) is 2.64. The van der Waals surface area contributed by atoms with E-state index in [1.807, 2.05) is 0 Å². The van der Waals surface area contributed by atoms with E-state index in [0.717, 1.165) is 12.2 Å². The third-order valence-corrected chi connectivity index (χ3v) is 4.73. The average molecular weight is 289 g/mol. The van der Waals surface area contributed by atoms with E-state index in [1.165, 1.54) is 77.7 Å². The molecule has 0 aromatic carbocycles. The maximum absolute atomic E-state index is 10.9. The molecule has 0 saturated carbocycles.